The second kappa shape index (κ2) is 4.62. The van der Waals surface area contributed by atoms with Crippen molar-refractivity contribution in [3.8, 4) is 0 Å². The van der Waals surface area contributed by atoms with Gasteiger partial charge in [-0.15, -0.1) is 0 Å². The number of hydrogen-bond acceptors (Lipinski definition) is 3. The first kappa shape index (κ1) is 10.4. The van der Waals surface area contributed by atoms with Crippen molar-refractivity contribution in [3.05, 3.63) is 24.0 Å². The van der Waals surface area contributed by atoms with E-state index in [1.54, 1.807) is 0 Å². The lowest BCUT2D eigenvalue weighted by Crippen LogP contribution is -2.33. The Labute approximate surface area is 91.3 Å². The average molecular weight is 205 g/mol. The van der Waals surface area contributed by atoms with E-state index in [9.17, 15) is 0 Å². The summed E-state index contributed by atoms with van der Waals surface area (Å²) in [6, 6.07) is 4.12. The Kier molecular flexibility index (Phi) is 3.21. The third-order valence-electron chi connectivity index (χ3n) is 3.18. The van der Waals surface area contributed by atoms with E-state index in [0.29, 0.717) is 6.54 Å². The SMILES string of the molecule is CC1CCN(c2cccnc2CN)CC1. The van der Waals surface area contributed by atoms with Crippen molar-refractivity contribution in [2.24, 2.45) is 11.7 Å². The summed E-state index contributed by atoms with van der Waals surface area (Å²) in [5.74, 6) is 0.860. The molecule has 1 aliphatic rings. The number of rotatable bonds is 2. The fourth-order valence-electron chi connectivity index (χ4n) is 2.12. The zero-order valence-corrected chi connectivity index (χ0v) is 9.32. The van der Waals surface area contributed by atoms with E-state index in [0.717, 1.165) is 24.7 Å². The maximum absolute atomic E-state index is 5.70. The second-order valence-corrected chi connectivity index (χ2v) is 4.34. The van der Waals surface area contributed by atoms with Crippen LogP contribution in [0, 0.1) is 5.92 Å². The van der Waals surface area contributed by atoms with Gasteiger partial charge in [0.25, 0.3) is 0 Å². The number of piperidine rings is 1. The Morgan fingerprint density at radius 3 is 2.87 bits per heavy atom. The molecule has 0 spiro atoms. The number of pyridine rings is 1. The number of aromatic nitrogens is 1. The van der Waals surface area contributed by atoms with Crippen molar-refractivity contribution in [1.29, 1.82) is 0 Å². The van der Waals surface area contributed by atoms with Gasteiger partial charge in [0, 0.05) is 25.8 Å². The molecule has 1 fully saturated rings. The summed E-state index contributed by atoms with van der Waals surface area (Å²) in [4.78, 5) is 6.74. The third kappa shape index (κ3) is 2.29. The molecule has 2 N–H and O–H groups in total. The molecule has 3 nitrogen and oxygen atoms in total. The summed E-state index contributed by atoms with van der Waals surface area (Å²) in [5, 5.41) is 0. The molecule has 1 saturated heterocycles. The van der Waals surface area contributed by atoms with Crippen molar-refractivity contribution in [1.82, 2.24) is 4.98 Å². The minimum Gasteiger partial charge on any atom is -0.370 e. The number of anilines is 1. The summed E-state index contributed by atoms with van der Waals surface area (Å²) >= 11 is 0. The number of hydrogen-bond donors (Lipinski definition) is 1. The first-order valence-corrected chi connectivity index (χ1v) is 5.70. The van der Waals surface area contributed by atoms with Crippen LogP contribution in [-0.2, 0) is 6.54 Å². The van der Waals surface area contributed by atoms with Crippen LogP contribution in [0.5, 0.6) is 0 Å². The molecule has 1 aromatic heterocycles. The Morgan fingerprint density at radius 1 is 1.47 bits per heavy atom. The van der Waals surface area contributed by atoms with Gasteiger partial charge in [-0.2, -0.15) is 0 Å². The molecule has 15 heavy (non-hydrogen) atoms. The van der Waals surface area contributed by atoms with E-state index in [-0.39, 0.29) is 0 Å². The van der Waals surface area contributed by atoms with Crippen LogP contribution < -0.4 is 10.6 Å². The largest absolute Gasteiger partial charge is 0.370 e. The van der Waals surface area contributed by atoms with Crippen LogP contribution in [0.4, 0.5) is 5.69 Å². The molecule has 2 rings (SSSR count). The Hall–Kier alpha value is -1.09. The molecule has 3 heteroatoms. The van der Waals surface area contributed by atoms with Crippen LogP contribution in [0.1, 0.15) is 25.5 Å². The summed E-state index contributed by atoms with van der Waals surface area (Å²) in [6.07, 6.45) is 4.37. The minimum atomic E-state index is 0.530. The molecule has 0 aromatic carbocycles. The maximum atomic E-state index is 5.70. The number of nitrogens with two attached hydrogens (primary N) is 1. The minimum absolute atomic E-state index is 0.530. The topological polar surface area (TPSA) is 42.2 Å². The van der Waals surface area contributed by atoms with Crippen LogP contribution in [0.15, 0.2) is 18.3 Å². The van der Waals surface area contributed by atoms with Gasteiger partial charge in [0.15, 0.2) is 0 Å². The van der Waals surface area contributed by atoms with Crippen molar-refractivity contribution in [2.45, 2.75) is 26.3 Å². The molecule has 0 bridgehead atoms. The lowest BCUT2D eigenvalue weighted by atomic mass is 9.98. The van der Waals surface area contributed by atoms with E-state index in [1.807, 2.05) is 12.3 Å². The average Bonchev–Trinajstić information content (AvgIpc) is 2.30. The van der Waals surface area contributed by atoms with E-state index in [4.69, 9.17) is 5.73 Å². The van der Waals surface area contributed by atoms with Crippen molar-refractivity contribution in [3.63, 3.8) is 0 Å². The van der Waals surface area contributed by atoms with Crippen LogP contribution in [0.2, 0.25) is 0 Å². The molecule has 1 aromatic rings. The lowest BCUT2D eigenvalue weighted by Gasteiger charge is -2.32. The summed E-state index contributed by atoms with van der Waals surface area (Å²) in [5.41, 5.74) is 7.94. The predicted octanol–water partition coefficient (Wildman–Crippen LogP) is 1.78. The van der Waals surface area contributed by atoms with Crippen LogP contribution >= 0.6 is 0 Å². The highest BCUT2D eigenvalue weighted by Gasteiger charge is 2.17. The van der Waals surface area contributed by atoms with Gasteiger partial charge in [-0.3, -0.25) is 4.98 Å². The quantitative estimate of drug-likeness (QED) is 0.800. The zero-order valence-electron chi connectivity index (χ0n) is 9.32. The summed E-state index contributed by atoms with van der Waals surface area (Å²) in [6.45, 7) is 5.13. The van der Waals surface area contributed by atoms with E-state index in [2.05, 4.69) is 22.9 Å². The molecule has 0 aliphatic carbocycles. The van der Waals surface area contributed by atoms with Crippen molar-refractivity contribution < 1.29 is 0 Å². The highest BCUT2D eigenvalue weighted by atomic mass is 15.1. The van der Waals surface area contributed by atoms with Crippen molar-refractivity contribution >= 4 is 5.69 Å². The maximum Gasteiger partial charge on any atom is 0.0772 e. The molecule has 0 amide bonds. The predicted molar refractivity (Wildman–Crippen MR) is 62.7 cm³/mol. The number of nitrogens with zero attached hydrogens (tertiary/aromatic N) is 2. The van der Waals surface area contributed by atoms with Crippen LogP contribution in [0.25, 0.3) is 0 Å². The fourth-order valence-corrected chi connectivity index (χ4v) is 2.12. The van der Waals surface area contributed by atoms with Gasteiger partial charge < -0.3 is 10.6 Å². The smallest absolute Gasteiger partial charge is 0.0772 e. The Bertz CT molecular complexity index is 316. The van der Waals surface area contributed by atoms with E-state index in [1.165, 1.54) is 18.5 Å². The van der Waals surface area contributed by atoms with Crippen LogP contribution in [0.3, 0.4) is 0 Å². The lowest BCUT2D eigenvalue weighted by molar-refractivity contribution is 0.437. The summed E-state index contributed by atoms with van der Waals surface area (Å²) < 4.78 is 0. The normalized spacial score (nSPS) is 18.1. The zero-order chi connectivity index (χ0) is 10.7. The molecule has 0 radical (unpaired) electrons. The highest BCUT2D eigenvalue weighted by molar-refractivity contribution is 5.50. The van der Waals surface area contributed by atoms with Gasteiger partial charge in [-0.1, -0.05) is 6.92 Å². The van der Waals surface area contributed by atoms with Gasteiger partial charge in [-0.25, -0.2) is 0 Å². The molecular formula is C12H19N3. The molecule has 1 aliphatic heterocycles. The van der Waals surface area contributed by atoms with E-state index >= 15 is 0 Å². The van der Waals surface area contributed by atoms with Gasteiger partial charge >= 0.3 is 0 Å². The molecule has 0 saturated carbocycles. The Morgan fingerprint density at radius 2 is 2.20 bits per heavy atom. The standard InChI is InChI=1S/C12H19N3/c1-10-4-7-15(8-5-10)12-3-2-6-14-11(12)9-13/h2-3,6,10H,4-5,7-9,13H2,1H3. The molecular weight excluding hydrogens is 186 g/mol. The monoisotopic (exact) mass is 205 g/mol. The third-order valence-corrected chi connectivity index (χ3v) is 3.18. The van der Waals surface area contributed by atoms with Crippen molar-refractivity contribution in [2.75, 3.05) is 18.0 Å². The molecule has 0 atom stereocenters. The Balaban J connectivity index is 2.15. The highest BCUT2D eigenvalue weighted by Crippen LogP contribution is 2.24. The molecule has 82 valence electrons. The first-order chi connectivity index (χ1) is 7.31. The summed E-state index contributed by atoms with van der Waals surface area (Å²) in [7, 11) is 0. The van der Waals surface area contributed by atoms with Gasteiger partial charge in [0.05, 0.1) is 11.4 Å². The second-order valence-electron chi connectivity index (χ2n) is 4.34. The first-order valence-electron chi connectivity index (χ1n) is 5.70. The molecule has 0 unspecified atom stereocenters. The fraction of sp³-hybridized carbons (Fsp3) is 0.583. The van der Waals surface area contributed by atoms with Gasteiger partial charge in [-0.05, 0) is 30.9 Å². The molecule has 2 heterocycles. The van der Waals surface area contributed by atoms with Gasteiger partial charge in [0.1, 0.15) is 0 Å². The van der Waals surface area contributed by atoms with Gasteiger partial charge in [0.2, 0.25) is 0 Å². The van der Waals surface area contributed by atoms with E-state index < -0.39 is 0 Å². The van der Waals surface area contributed by atoms with Crippen LogP contribution in [-0.4, -0.2) is 18.1 Å².